The lowest BCUT2D eigenvalue weighted by Crippen LogP contribution is -2.05. The van der Waals surface area contributed by atoms with Crippen molar-refractivity contribution in [2.75, 3.05) is 0 Å². The number of halogens is 1. The monoisotopic (exact) mass is 294 g/mol. The first-order chi connectivity index (χ1) is 5.72. The second-order valence-electron chi connectivity index (χ2n) is 2.72. The Balaban J connectivity index is 2.72. The maximum atomic E-state index is 5.54. The van der Waals surface area contributed by atoms with Crippen molar-refractivity contribution in [3.05, 3.63) is 24.3 Å². The molecule has 0 N–H and O–H groups in total. The van der Waals surface area contributed by atoms with Crippen LogP contribution >= 0.6 is 30.1 Å². The second-order valence-corrected chi connectivity index (χ2v) is 4.67. The fourth-order valence-corrected chi connectivity index (χ4v) is 1.98. The van der Waals surface area contributed by atoms with Crippen LogP contribution in [0.1, 0.15) is 13.8 Å². The molecule has 0 spiro atoms. The molecule has 12 heavy (non-hydrogen) atoms. The van der Waals surface area contributed by atoms with Gasteiger partial charge in [-0.25, -0.2) is 0 Å². The zero-order chi connectivity index (χ0) is 8.97. The standard InChI is InChI=1S/C9H11IOS/c1-7(2)11-8-4-3-5-9(6-8)12-10/h3-7H,1-2H3. The van der Waals surface area contributed by atoms with Crippen molar-refractivity contribution in [1.29, 1.82) is 0 Å². The van der Waals surface area contributed by atoms with Crippen molar-refractivity contribution in [3.8, 4) is 5.75 Å². The fraction of sp³-hybridized carbons (Fsp3) is 0.333. The molecule has 0 unspecified atom stereocenters. The molecule has 0 aromatic heterocycles. The molecule has 0 saturated carbocycles. The van der Waals surface area contributed by atoms with E-state index in [1.807, 2.05) is 26.0 Å². The molecule has 3 heteroatoms. The van der Waals surface area contributed by atoms with E-state index in [0.29, 0.717) is 0 Å². The molecule has 0 fully saturated rings. The summed E-state index contributed by atoms with van der Waals surface area (Å²) in [7, 11) is 1.70. The highest BCUT2D eigenvalue weighted by atomic mass is 127. The lowest BCUT2D eigenvalue weighted by Gasteiger charge is -2.09. The highest BCUT2D eigenvalue weighted by Gasteiger charge is 1.98. The van der Waals surface area contributed by atoms with E-state index in [1.165, 1.54) is 4.90 Å². The second kappa shape index (κ2) is 4.97. The Morgan fingerprint density at radius 1 is 1.42 bits per heavy atom. The van der Waals surface area contributed by atoms with Gasteiger partial charge in [-0.05, 0) is 32.0 Å². The third-order valence-electron chi connectivity index (χ3n) is 1.27. The van der Waals surface area contributed by atoms with Gasteiger partial charge in [-0.2, -0.15) is 0 Å². The summed E-state index contributed by atoms with van der Waals surface area (Å²) >= 11 is 2.26. The van der Waals surface area contributed by atoms with E-state index in [0.717, 1.165) is 5.75 Å². The molecule has 1 nitrogen and oxygen atoms in total. The first-order valence-electron chi connectivity index (χ1n) is 3.77. The Bertz CT molecular complexity index is 250. The average molecular weight is 294 g/mol. The van der Waals surface area contributed by atoms with Gasteiger partial charge >= 0.3 is 0 Å². The van der Waals surface area contributed by atoms with Crippen molar-refractivity contribution in [3.63, 3.8) is 0 Å². The first kappa shape index (κ1) is 10.2. The largest absolute Gasteiger partial charge is 0.491 e. The van der Waals surface area contributed by atoms with Gasteiger partial charge < -0.3 is 4.74 Å². The van der Waals surface area contributed by atoms with Crippen LogP contribution in [-0.2, 0) is 0 Å². The molecule has 0 saturated heterocycles. The van der Waals surface area contributed by atoms with Crippen molar-refractivity contribution < 1.29 is 4.74 Å². The van der Waals surface area contributed by atoms with Crippen LogP contribution in [0.2, 0.25) is 0 Å². The SMILES string of the molecule is CC(C)Oc1cccc(SI)c1. The molecule has 66 valence electrons. The predicted octanol–water partition coefficient (Wildman–Crippen LogP) is 3.92. The number of hydrogen-bond donors (Lipinski definition) is 0. The summed E-state index contributed by atoms with van der Waals surface area (Å²) in [6.45, 7) is 4.06. The third-order valence-corrected chi connectivity index (χ3v) is 3.22. The van der Waals surface area contributed by atoms with Crippen LogP contribution in [0.3, 0.4) is 0 Å². The molecule has 0 aliphatic rings. The van der Waals surface area contributed by atoms with E-state index in [4.69, 9.17) is 4.74 Å². The molecule has 0 aliphatic carbocycles. The number of hydrogen-bond acceptors (Lipinski definition) is 2. The first-order valence-corrected chi connectivity index (χ1v) is 7.13. The molecule has 0 heterocycles. The number of rotatable bonds is 3. The molecule has 1 aromatic carbocycles. The van der Waals surface area contributed by atoms with Crippen LogP contribution in [-0.4, -0.2) is 6.10 Å². The molecule has 1 aromatic rings. The van der Waals surface area contributed by atoms with Gasteiger partial charge in [-0.3, -0.25) is 0 Å². The lowest BCUT2D eigenvalue weighted by molar-refractivity contribution is 0.242. The van der Waals surface area contributed by atoms with E-state index in [1.54, 1.807) is 8.93 Å². The van der Waals surface area contributed by atoms with Gasteiger partial charge in [0.05, 0.1) is 6.10 Å². The Labute approximate surface area is 89.5 Å². The quantitative estimate of drug-likeness (QED) is 0.782. The van der Waals surface area contributed by atoms with Gasteiger partial charge in [-0.1, -0.05) is 15.0 Å². The Kier molecular flexibility index (Phi) is 4.21. The van der Waals surface area contributed by atoms with Crippen LogP contribution in [0.15, 0.2) is 29.2 Å². The lowest BCUT2D eigenvalue weighted by atomic mass is 10.3. The van der Waals surface area contributed by atoms with Gasteiger partial charge in [0.15, 0.2) is 0 Å². The Morgan fingerprint density at radius 2 is 2.17 bits per heavy atom. The summed E-state index contributed by atoms with van der Waals surface area (Å²) in [5, 5.41) is 0. The maximum Gasteiger partial charge on any atom is 0.120 e. The Morgan fingerprint density at radius 3 is 2.75 bits per heavy atom. The molecule has 1 rings (SSSR count). The van der Waals surface area contributed by atoms with E-state index < -0.39 is 0 Å². The molecular formula is C9H11IOS. The van der Waals surface area contributed by atoms with Crippen molar-refractivity contribution in [2.45, 2.75) is 24.8 Å². The Hall–Kier alpha value is 0.1000. The summed E-state index contributed by atoms with van der Waals surface area (Å²) < 4.78 is 5.54. The van der Waals surface area contributed by atoms with Crippen molar-refractivity contribution in [1.82, 2.24) is 0 Å². The van der Waals surface area contributed by atoms with Crippen molar-refractivity contribution >= 4 is 30.1 Å². The van der Waals surface area contributed by atoms with Crippen LogP contribution in [0.25, 0.3) is 0 Å². The molecule has 0 radical (unpaired) electrons. The van der Waals surface area contributed by atoms with Crippen molar-refractivity contribution in [2.24, 2.45) is 0 Å². The molecular weight excluding hydrogens is 283 g/mol. The molecule has 0 amide bonds. The van der Waals surface area contributed by atoms with Crippen LogP contribution in [0.5, 0.6) is 5.75 Å². The van der Waals surface area contributed by atoms with E-state index in [9.17, 15) is 0 Å². The van der Waals surface area contributed by atoms with Gasteiger partial charge in [0.2, 0.25) is 0 Å². The van der Waals surface area contributed by atoms with Gasteiger partial charge in [0.25, 0.3) is 0 Å². The minimum Gasteiger partial charge on any atom is -0.491 e. The zero-order valence-corrected chi connectivity index (χ0v) is 10.1. The fourth-order valence-electron chi connectivity index (χ4n) is 0.868. The minimum absolute atomic E-state index is 0.250. The summed E-state index contributed by atoms with van der Waals surface area (Å²) in [5.41, 5.74) is 0. The zero-order valence-electron chi connectivity index (χ0n) is 7.08. The van der Waals surface area contributed by atoms with E-state index in [2.05, 4.69) is 33.3 Å². The van der Waals surface area contributed by atoms with Gasteiger partial charge in [0.1, 0.15) is 5.75 Å². The highest BCUT2D eigenvalue weighted by Crippen LogP contribution is 2.28. The molecule has 0 bridgehead atoms. The highest BCUT2D eigenvalue weighted by molar-refractivity contribution is 14.2. The topological polar surface area (TPSA) is 9.23 Å². The normalized spacial score (nSPS) is 10.3. The molecule has 0 atom stereocenters. The summed E-state index contributed by atoms with van der Waals surface area (Å²) in [5.74, 6) is 0.951. The summed E-state index contributed by atoms with van der Waals surface area (Å²) in [6, 6.07) is 8.12. The van der Waals surface area contributed by atoms with Gasteiger partial charge in [0, 0.05) is 26.1 Å². The van der Waals surface area contributed by atoms with E-state index in [-0.39, 0.29) is 6.10 Å². The van der Waals surface area contributed by atoms with Crippen LogP contribution in [0, 0.1) is 0 Å². The third kappa shape index (κ3) is 3.23. The minimum atomic E-state index is 0.250. The van der Waals surface area contributed by atoms with Crippen LogP contribution in [0.4, 0.5) is 0 Å². The summed E-state index contributed by atoms with van der Waals surface area (Å²) in [4.78, 5) is 1.23. The predicted molar refractivity (Wildman–Crippen MR) is 62.1 cm³/mol. The summed E-state index contributed by atoms with van der Waals surface area (Å²) in [6.07, 6.45) is 0.250. The van der Waals surface area contributed by atoms with Gasteiger partial charge in [-0.15, -0.1) is 0 Å². The maximum absolute atomic E-state index is 5.54. The number of benzene rings is 1. The van der Waals surface area contributed by atoms with E-state index >= 15 is 0 Å². The number of ether oxygens (including phenoxy) is 1. The smallest absolute Gasteiger partial charge is 0.120 e. The molecule has 0 aliphatic heterocycles. The van der Waals surface area contributed by atoms with Crippen LogP contribution < -0.4 is 4.74 Å². The average Bonchev–Trinajstić information content (AvgIpc) is 2.03.